The molecule has 0 unspecified atom stereocenters. The standard InChI is InChI=1S/C37H54O5Si3/c1-8-13-30-16-18-31(19-17-30)32-20-26-35(27-21-32)40-37(38)33-22-24-34(25-23-33)39-28-12-29-45(41-43(2,3)4,42-44(5,6)7)36-14-10-9-11-15-36/h9-11,14-15,20-27,30-31H,8,12-13,16-19,28-29H2,1-7H3. The van der Waals surface area contributed by atoms with Crippen LogP contribution in [0.1, 0.15) is 73.7 Å². The first-order valence-corrected chi connectivity index (χ1v) is 25.7. The lowest BCUT2D eigenvalue weighted by Crippen LogP contribution is -2.62. The van der Waals surface area contributed by atoms with Crippen molar-refractivity contribution in [2.45, 2.75) is 103 Å². The Labute approximate surface area is 275 Å². The van der Waals surface area contributed by atoms with Gasteiger partial charge in [0.15, 0.2) is 16.6 Å². The summed E-state index contributed by atoms with van der Waals surface area (Å²) in [7, 11) is -6.45. The van der Waals surface area contributed by atoms with Crippen LogP contribution in [-0.2, 0) is 8.23 Å². The van der Waals surface area contributed by atoms with E-state index >= 15 is 0 Å². The average Bonchev–Trinajstić information content (AvgIpc) is 2.99. The Morgan fingerprint density at radius 3 is 1.87 bits per heavy atom. The molecule has 0 bridgehead atoms. The van der Waals surface area contributed by atoms with Gasteiger partial charge in [0.05, 0.1) is 12.2 Å². The van der Waals surface area contributed by atoms with Crippen molar-refractivity contribution in [2.24, 2.45) is 5.92 Å². The number of carbonyl (C=O) groups excluding carboxylic acids is 1. The molecular formula is C37H54O5Si3. The van der Waals surface area contributed by atoms with Crippen molar-refractivity contribution >= 4 is 36.4 Å². The minimum Gasteiger partial charge on any atom is -0.494 e. The zero-order chi connectivity index (χ0) is 32.5. The maximum atomic E-state index is 12.9. The summed E-state index contributed by atoms with van der Waals surface area (Å²) in [6, 6.07) is 26.7. The number of hydrogen-bond donors (Lipinski definition) is 0. The number of esters is 1. The largest absolute Gasteiger partial charge is 0.494 e. The topological polar surface area (TPSA) is 54.0 Å². The molecule has 244 valence electrons. The first kappa shape index (κ1) is 35.4. The van der Waals surface area contributed by atoms with Gasteiger partial charge in [0.2, 0.25) is 0 Å². The molecule has 0 atom stereocenters. The quantitative estimate of drug-likeness (QED) is 0.0702. The number of ether oxygens (including phenoxy) is 2. The van der Waals surface area contributed by atoms with E-state index in [0.29, 0.717) is 23.8 Å². The second-order valence-electron chi connectivity index (χ2n) is 14.5. The summed E-state index contributed by atoms with van der Waals surface area (Å²) < 4.78 is 25.7. The Kier molecular flexibility index (Phi) is 12.5. The molecule has 0 radical (unpaired) electrons. The van der Waals surface area contributed by atoms with E-state index in [0.717, 1.165) is 24.1 Å². The molecule has 0 aromatic heterocycles. The molecule has 5 nitrogen and oxygen atoms in total. The first-order valence-electron chi connectivity index (χ1n) is 16.9. The van der Waals surface area contributed by atoms with Crippen molar-refractivity contribution in [1.29, 1.82) is 0 Å². The zero-order valence-corrected chi connectivity index (χ0v) is 31.6. The van der Waals surface area contributed by atoms with Crippen molar-refractivity contribution in [3.63, 3.8) is 0 Å². The second kappa shape index (κ2) is 15.9. The van der Waals surface area contributed by atoms with Crippen molar-refractivity contribution in [3.05, 3.63) is 90.0 Å². The highest BCUT2D eigenvalue weighted by Crippen LogP contribution is 2.38. The number of benzene rings is 3. The summed E-state index contributed by atoms with van der Waals surface area (Å²) in [5.41, 5.74) is 1.86. The van der Waals surface area contributed by atoms with Gasteiger partial charge in [-0.15, -0.1) is 0 Å². The minimum atomic E-state index is -2.68. The van der Waals surface area contributed by atoms with E-state index in [1.807, 2.05) is 30.3 Å². The predicted octanol–water partition coefficient (Wildman–Crippen LogP) is 9.80. The van der Waals surface area contributed by atoms with Crippen LogP contribution in [0.3, 0.4) is 0 Å². The number of carbonyl (C=O) groups is 1. The molecule has 8 heteroatoms. The smallest absolute Gasteiger partial charge is 0.352 e. The van der Waals surface area contributed by atoms with E-state index in [1.54, 1.807) is 12.1 Å². The third-order valence-electron chi connectivity index (χ3n) is 8.27. The predicted molar refractivity (Wildman–Crippen MR) is 193 cm³/mol. The average molecular weight is 663 g/mol. The van der Waals surface area contributed by atoms with Crippen LogP contribution in [0.25, 0.3) is 0 Å². The van der Waals surface area contributed by atoms with Crippen LogP contribution in [0, 0.1) is 5.92 Å². The summed E-state index contributed by atoms with van der Waals surface area (Å²) in [4.78, 5) is 12.9. The van der Waals surface area contributed by atoms with E-state index in [4.69, 9.17) is 17.7 Å². The molecule has 4 rings (SSSR count). The monoisotopic (exact) mass is 662 g/mol. The van der Waals surface area contributed by atoms with Gasteiger partial charge in [0, 0.05) is 0 Å². The van der Waals surface area contributed by atoms with Gasteiger partial charge >= 0.3 is 14.5 Å². The SMILES string of the molecule is CCCC1CCC(c2ccc(OC(=O)c3ccc(OCCC[Si](O[Si](C)(C)C)(O[Si](C)(C)C)c4ccccc4)cc3)cc2)CC1. The maximum absolute atomic E-state index is 12.9. The van der Waals surface area contributed by atoms with Gasteiger partial charge < -0.3 is 17.7 Å². The fourth-order valence-electron chi connectivity index (χ4n) is 6.42. The number of rotatable bonds is 15. The van der Waals surface area contributed by atoms with Crippen LogP contribution in [0.2, 0.25) is 45.3 Å². The normalized spacial score (nSPS) is 17.6. The van der Waals surface area contributed by atoms with Gasteiger partial charge in [-0.3, -0.25) is 0 Å². The molecule has 3 aromatic rings. The molecule has 3 aromatic carbocycles. The molecule has 45 heavy (non-hydrogen) atoms. The molecule has 1 saturated carbocycles. The number of hydrogen-bond acceptors (Lipinski definition) is 5. The van der Waals surface area contributed by atoms with Crippen LogP contribution in [0.4, 0.5) is 0 Å². The van der Waals surface area contributed by atoms with Gasteiger partial charge in [-0.2, -0.15) is 0 Å². The van der Waals surface area contributed by atoms with Gasteiger partial charge in [0.25, 0.3) is 0 Å². The van der Waals surface area contributed by atoms with Crippen LogP contribution >= 0.6 is 0 Å². The molecule has 1 aliphatic rings. The third kappa shape index (κ3) is 11.1. The molecule has 0 aliphatic heterocycles. The molecule has 0 heterocycles. The van der Waals surface area contributed by atoms with E-state index < -0.39 is 25.2 Å². The summed E-state index contributed by atoms with van der Waals surface area (Å²) in [6.45, 7) is 16.3. The molecule has 0 amide bonds. The molecule has 0 spiro atoms. The first-order chi connectivity index (χ1) is 21.4. The van der Waals surface area contributed by atoms with Crippen molar-refractivity contribution in [1.82, 2.24) is 0 Å². The van der Waals surface area contributed by atoms with Crippen molar-refractivity contribution < 1.29 is 22.5 Å². The highest BCUT2D eigenvalue weighted by molar-refractivity contribution is 6.94. The fourth-order valence-corrected chi connectivity index (χ4v) is 18.2. The van der Waals surface area contributed by atoms with Crippen LogP contribution in [0.5, 0.6) is 11.5 Å². The molecule has 1 fully saturated rings. The van der Waals surface area contributed by atoms with E-state index in [9.17, 15) is 4.79 Å². The van der Waals surface area contributed by atoms with Crippen molar-refractivity contribution in [3.8, 4) is 11.5 Å². The molecule has 0 N–H and O–H groups in total. The van der Waals surface area contributed by atoms with Crippen LogP contribution < -0.4 is 14.7 Å². The summed E-state index contributed by atoms with van der Waals surface area (Å²) in [5.74, 6) is 2.46. The Hall–Kier alpha value is -2.50. The third-order valence-corrected chi connectivity index (χ3v) is 18.0. The second-order valence-corrected chi connectivity index (χ2v) is 27.2. The van der Waals surface area contributed by atoms with Gasteiger partial charge in [-0.25, -0.2) is 4.79 Å². The lowest BCUT2D eigenvalue weighted by molar-refractivity contribution is 0.0734. The van der Waals surface area contributed by atoms with E-state index in [1.165, 1.54) is 49.3 Å². The lowest BCUT2D eigenvalue weighted by Gasteiger charge is -2.41. The van der Waals surface area contributed by atoms with Gasteiger partial charge in [-0.1, -0.05) is 62.2 Å². The van der Waals surface area contributed by atoms with Gasteiger partial charge in [0.1, 0.15) is 11.5 Å². The summed E-state index contributed by atoms with van der Waals surface area (Å²) in [6.07, 6.45) is 8.62. The molecular weight excluding hydrogens is 609 g/mol. The Morgan fingerprint density at radius 1 is 0.733 bits per heavy atom. The summed E-state index contributed by atoms with van der Waals surface area (Å²) >= 11 is 0. The van der Waals surface area contributed by atoms with E-state index in [2.05, 4.69) is 82.6 Å². The highest BCUT2D eigenvalue weighted by atomic mass is 28.5. The minimum absolute atomic E-state index is 0.361. The van der Waals surface area contributed by atoms with E-state index in [-0.39, 0.29) is 5.97 Å². The Balaban J connectivity index is 1.30. The lowest BCUT2D eigenvalue weighted by atomic mass is 9.77. The van der Waals surface area contributed by atoms with Crippen LogP contribution in [-0.4, -0.2) is 37.8 Å². The highest BCUT2D eigenvalue weighted by Gasteiger charge is 2.46. The maximum Gasteiger partial charge on any atom is 0.352 e. The fraction of sp³-hybridized carbons (Fsp3) is 0.486. The van der Waals surface area contributed by atoms with Gasteiger partial charge in [-0.05, 0) is 136 Å². The molecule has 0 saturated heterocycles. The Morgan fingerprint density at radius 2 is 1.31 bits per heavy atom. The summed E-state index contributed by atoms with van der Waals surface area (Å²) in [5, 5.41) is 1.20. The Bertz CT molecular complexity index is 1310. The zero-order valence-electron chi connectivity index (χ0n) is 28.6. The molecule has 1 aliphatic carbocycles. The van der Waals surface area contributed by atoms with Crippen LogP contribution in [0.15, 0.2) is 78.9 Å². The van der Waals surface area contributed by atoms with Crippen molar-refractivity contribution in [2.75, 3.05) is 6.61 Å².